The van der Waals surface area contributed by atoms with Gasteiger partial charge in [0.25, 0.3) is 11.6 Å². The van der Waals surface area contributed by atoms with E-state index in [2.05, 4.69) is 5.10 Å². The molecule has 0 radical (unpaired) electrons. The second-order valence-electron chi connectivity index (χ2n) is 8.30. The summed E-state index contributed by atoms with van der Waals surface area (Å²) in [5.41, 5.74) is 1.50. The predicted molar refractivity (Wildman–Crippen MR) is 126 cm³/mol. The van der Waals surface area contributed by atoms with Crippen molar-refractivity contribution in [1.82, 2.24) is 9.78 Å². The summed E-state index contributed by atoms with van der Waals surface area (Å²) in [6.45, 7) is 3.61. The largest absolute Gasteiger partial charge is 0.858 e. The molecule has 0 N–H and O–H groups in total. The number of anilines is 1. The summed E-state index contributed by atoms with van der Waals surface area (Å²) in [7, 11) is 0. The van der Waals surface area contributed by atoms with Gasteiger partial charge >= 0.3 is 5.91 Å². The van der Waals surface area contributed by atoms with Crippen LogP contribution in [0.25, 0.3) is 17.0 Å². The van der Waals surface area contributed by atoms with Crippen LogP contribution >= 0.6 is 0 Å². The molecule has 5 rings (SSSR count). The highest BCUT2D eigenvalue weighted by Gasteiger charge is 2.47. The quantitative estimate of drug-likeness (QED) is 0.320. The number of carbonyl (C=O) groups is 2. The fraction of sp³-hybridized carbons (Fsp3) is 0.111. The van der Waals surface area contributed by atoms with Crippen molar-refractivity contribution >= 4 is 28.8 Å². The Morgan fingerprint density at radius 2 is 1.53 bits per heavy atom. The van der Waals surface area contributed by atoms with Crippen molar-refractivity contribution in [3.05, 3.63) is 102 Å². The first kappa shape index (κ1) is 23.1. The number of halogens is 2. The molecule has 0 bridgehead atoms. The molecular weight excluding hydrogens is 466 g/mol. The predicted octanol–water partition coefficient (Wildman–Crippen LogP) is 3.32. The normalized spacial score (nSPS) is 13.7. The SMILES string of the molecule is CCc1nn(-c2ccc(F)cc2)c([O-])c1C1=C([n+]2cccc(C)c2)C(=O)N(c2ccc(F)cc2)C1=O. The average Bonchev–Trinajstić information content (AvgIpc) is 3.32. The van der Waals surface area contributed by atoms with Crippen molar-refractivity contribution in [3.8, 4) is 11.6 Å². The first-order valence-corrected chi connectivity index (χ1v) is 11.2. The number of imide groups is 1. The average molecular weight is 486 g/mol. The molecule has 0 saturated heterocycles. The lowest BCUT2D eigenvalue weighted by Gasteiger charge is -2.15. The molecule has 4 aromatic rings. The van der Waals surface area contributed by atoms with Gasteiger partial charge in [-0.05, 0) is 73.8 Å². The lowest BCUT2D eigenvalue weighted by atomic mass is 10.0. The van der Waals surface area contributed by atoms with Gasteiger partial charge in [-0.2, -0.15) is 9.67 Å². The molecule has 9 heteroatoms. The lowest BCUT2D eigenvalue weighted by molar-refractivity contribution is -0.577. The van der Waals surface area contributed by atoms with E-state index in [9.17, 15) is 23.5 Å². The second-order valence-corrected chi connectivity index (χ2v) is 8.30. The van der Waals surface area contributed by atoms with Crippen molar-refractivity contribution in [2.75, 3.05) is 4.90 Å². The van der Waals surface area contributed by atoms with Crippen LogP contribution in [0.15, 0.2) is 73.1 Å². The van der Waals surface area contributed by atoms with Crippen molar-refractivity contribution in [1.29, 1.82) is 0 Å². The molecule has 0 atom stereocenters. The molecule has 3 heterocycles. The van der Waals surface area contributed by atoms with Crippen molar-refractivity contribution < 1.29 is 28.0 Å². The van der Waals surface area contributed by atoms with E-state index in [-0.39, 0.29) is 22.5 Å². The zero-order valence-corrected chi connectivity index (χ0v) is 19.4. The zero-order chi connectivity index (χ0) is 25.6. The third kappa shape index (κ3) is 3.74. The molecule has 1 aliphatic heterocycles. The van der Waals surface area contributed by atoms with Gasteiger partial charge in [0.05, 0.1) is 17.1 Å². The maximum Gasteiger partial charge on any atom is 0.331 e. The van der Waals surface area contributed by atoms with Crippen molar-refractivity contribution in [3.63, 3.8) is 0 Å². The van der Waals surface area contributed by atoms with Crippen LogP contribution in [0.1, 0.15) is 23.7 Å². The Bertz CT molecular complexity index is 1540. The molecule has 2 amide bonds. The first-order valence-electron chi connectivity index (χ1n) is 11.2. The summed E-state index contributed by atoms with van der Waals surface area (Å²) in [4.78, 5) is 28.4. The Labute approximate surface area is 205 Å². The van der Waals surface area contributed by atoms with Crippen LogP contribution in [-0.2, 0) is 16.0 Å². The Kier molecular flexibility index (Phi) is 5.68. The maximum absolute atomic E-state index is 13.8. The Hall–Kier alpha value is -4.66. The zero-order valence-electron chi connectivity index (χ0n) is 19.4. The van der Waals surface area contributed by atoms with Crippen LogP contribution in [0.3, 0.4) is 0 Å². The molecule has 2 aromatic heterocycles. The summed E-state index contributed by atoms with van der Waals surface area (Å²) < 4.78 is 29.6. The number of hydrogen-bond donors (Lipinski definition) is 0. The number of pyridine rings is 1. The van der Waals surface area contributed by atoms with Crippen LogP contribution in [0.4, 0.5) is 14.5 Å². The number of hydrogen-bond acceptors (Lipinski definition) is 4. The molecular formula is C27H20F2N4O3. The van der Waals surface area contributed by atoms with Crippen molar-refractivity contribution in [2.24, 2.45) is 0 Å². The minimum atomic E-state index is -0.721. The molecule has 180 valence electrons. The van der Waals surface area contributed by atoms with E-state index >= 15 is 0 Å². The molecule has 0 fully saturated rings. The number of aryl methyl sites for hydroxylation is 2. The number of carbonyl (C=O) groups excluding carboxylic acids is 2. The highest BCUT2D eigenvalue weighted by atomic mass is 19.1. The summed E-state index contributed by atoms with van der Waals surface area (Å²) in [5.74, 6) is -2.98. The second kappa shape index (κ2) is 8.84. The van der Waals surface area contributed by atoms with Crippen LogP contribution < -0.4 is 14.6 Å². The van der Waals surface area contributed by atoms with E-state index in [0.717, 1.165) is 27.3 Å². The number of aromatic nitrogens is 3. The third-order valence-corrected chi connectivity index (χ3v) is 5.92. The molecule has 36 heavy (non-hydrogen) atoms. The molecule has 7 nitrogen and oxygen atoms in total. The van der Waals surface area contributed by atoms with Crippen LogP contribution in [0, 0.1) is 18.6 Å². The summed E-state index contributed by atoms with van der Waals surface area (Å²) >= 11 is 0. The lowest BCUT2D eigenvalue weighted by Crippen LogP contribution is -2.39. The molecule has 0 unspecified atom stereocenters. The first-order chi connectivity index (χ1) is 17.3. The van der Waals surface area contributed by atoms with Gasteiger partial charge in [0, 0.05) is 17.2 Å². The van der Waals surface area contributed by atoms with Gasteiger partial charge in [0.15, 0.2) is 12.4 Å². The Morgan fingerprint density at radius 1 is 0.917 bits per heavy atom. The van der Waals surface area contributed by atoms with Gasteiger partial charge < -0.3 is 5.11 Å². The Morgan fingerprint density at radius 3 is 2.11 bits per heavy atom. The fourth-order valence-corrected chi connectivity index (χ4v) is 4.24. The van der Waals surface area contributed by atoms with Crippen LogP contribution in [0.2, 0.25) is 0 Å². The minimum Gasteiger partial charge on any atom is -0.858 e. The van der Waals surface area contributed by atoms with E-state index in [1.165, 1.54) is 41.0 Å². The van der Waals surface area contributed by atoms with E-state index in [0.29, 0.717) is 17.8 Å². The summed E-state index contributed by atoms with van der Waals surface area (Å²) in [5, 5.41) is 18.0. The molecule has 2 aromatic carbocycles. The standard InChI is InChI=1S/C27H20F2N4O3/c1-3-21-22(26(35)33(30-21)20-12-8-18(29)9-13-20)23-24(31-14-4-5-16(2)15-31)27(36)32(25(23)34)19-10-6-17(28)7-11-19/h4-15H,3H2,1-2H3. The minimum absolute atomic E-state index is 0.00575. The maximum atomic E-state index is 13.8. The fourth-order valence-electron chi connectivity index (χ4n) is 4.24. The molecule has 0 saturated carbocycles. The Balaban J connectivity index is 1.76. The third-order valence-electron chi connectivity index (χ3n) is 5.92. The van der Waals surface area contributed by atoms with Crippen LogP contribution in [-0.4, -0.2) is 21.6 Å². The molecule has 1 aliphatic rings. The van der Waals surface area contributed by atoms with Gasteiger partial charge in [-0.1, -0.05) is 6.92 Å². The highest BCUT2D eigenvalue weighted by molar-refractivity contribution is 6.53. The number of rotatable bonds is 5. The van der Waals surface area contributed by atoms with Crippen LogP contribution in [0.5, 0.6) is 5.88 Å². The summed E-state index contributed by atoms with van der Waals surface area (Å²) in [6, 6.07) is 13.7. The number of nitrogens with zero attached hydrogens (tertiary/aromatic N) is 4. The number of benzene rings is 2. The van der Waals surface area contributed by atoms with E-state index in [4.69, 9.17) is 0 Å². The van der Waals surface area contributed by atoms with Gasteiger partial charge in [0.1, 0.15) is 17.2 Å². The number of amides is 2. The highest BCUT2D eigenvalue weighted by Crippen LogP contribution is 2.38. The van der Waals surface area contributed by atoms with Gasteiger partial charge in [0.2, 0.25) is 0 Å². The molecule has 0 spiro atoms. The van der Waals surface area contributed by atoms with Crippen molar-refractivity contribution in [2.45, 2.75) is 20.3 Å². The molecule has 0 aliphatic carbocycles. The van der Waals surface area contributed by atoms with E-state index in [1.807, 2.05) is 13.0 Å². The smallest absolute Gasteiger partial charge is 0.331 e. The van der Waals surface area contributed by atoms with Gasteiger partial charge in [-0.15, -0.1) is 0 Å². The van der Waals surface area contributed by atoms with Gasteiger partial charge in [-0.3, -0.25) is 9.59 Å². The van der Waals surface area contributed by atoms with E-state index in [1.54, 1.807) is 25.4 Å². The summed E-state index contributed by atoms with van der Waals surface area (Å²) in [6.07, 6.45) is 3.59. The topological polar surface area (TPSA) is 82.1 Å². The monoisotopic (exact) mass is 486 g/mol. The van der Waals surface area contributed by atoms with Gasteiger partial charge in [-0.25, -0.2) is 18.4 Å². The van der Waals surface area contributed by atoms with E-state index < -0.39 is 29.3 Å².